The van der Waals surface area contributed by atoms with Crippen molar-refractivity contribution >= 4 is 0 Å². The zero-order valence-corrected chi connectivity index (χ0v) is 14.2. The van der Waals surface area contributed by atoms with Gasteiger partial charge in [0.1, 0.15) is 0 Å². The molecule has 0 amide bonds. The number of rotatable bonds is 4. The Balaban J connectivity index is 1.30. The molecule has 21 heavy (non-hydrogen) atoms. The van der Waals surface area contributed by atoms with E-state index in [2.05, 4.69) is 6.92 Å². The molecular weight excluding hydrogens is 252 g/mol. The molecule has 0 bridgehead atoms. The zero-order chi connectivity index (χ0) is 14.2. The van der Waals surface area contributed by atoms with E-state index >= 15 is 0 Å². The molecule has 0 aromatic heterocycles. The average Bonchev–Trinajstić information content (AvgIpc) is 3.15. The molecular formula is C21H36. The predicted octanol–water partition coefficient (Wildman–Crippen LogP) is 6.45. The van der Waals surface area contributed by atoms with Crippen LogP contribution in [-0.2, 0) is 0 Å². The fraction of sp³-hybridized carbons (Fsp3) is 1.00. The van der Waals surface area contributed by atoms with Crippen molar-refractivity contribution in [1.29, 1.82) is 0 Å². The minimum Gasteiger partial charge on any atom is -0.0654 e. The maximum Gasteiger partial charge on any atom is -0.0380 e. The molecule has 4 aliphatic rings. The van der Waals surface area contributed by atoms with Crippen molar-refractivity contribution in [3.05, 3.63) is 0 Å². The molecule has 0 radical (unpaired) electrons. The van der Waals surface area contributed by atoms with Crippen molar-refractivity contribution in [2.75, 3.05) is 0 Å². The van der Waals surface area contributed by atoms with Gasteiger partial charge in [-0.15, -0.1) is 0 Å². The van der Waals surface area contributed by atoms with Crippen LogP contribution in [0.4, 0.5) is 0 Å². The van der Waals surface area contributed by atoms with Crippen LogP contribution in [0.15, 0.2) is 0 Å². The first-order valence-corrected chi connectivity index (χ1v) is 10.3. The normalized spacial score (nSPS) is 46.7. The van der Waals surface area contributed by atoms with Crippen LogP contribution in [0.25, 0.3) is 0 Å². The van der Waals surface area contributed by atoms with Gasteiger partial charge >= 0.3 is 0 Å². The lowest BCUT2D eigenvalue weighted by atomic mass is 9.71. The van der Waals surface area contributed by atoms with Gasteiger partial charge in [-0.3, -0.25) is 0 Å². The van der Waals surface area contributed by atoms with Gasteiger partial charge < -0.3 is 0 Å². The lowest BCUT2D eigenvalue weighted by molar-refractivity contribution is 0.157. The summed E-state index contributed by atoms with van der Waals surface area (Å²) in [5.41, 5.74) is 0. The third-order valence-electron chi connectivity index (χ3n) is 7.93. The molecule has 0 aliphatic heterocycles. The minimum absolute atomic E-state index is 1.11. The van der Waals surface area contributed by atoms with Crippen molar-refractivity contribution in [1.82, 2.24) is 0 Å². The van der Waals surface area contributed by atoms with E-state index in [0.29, 0.717) is 0 Å². The SMILES string of the molecule is CCCC1CC2CC3CC(CC4CCCC4)CC3CC2C1. The van der Waals surface area contributed by atoms with Gasteiger partial charge in [-0.2, -0.15) is 0 Å². The largest absolute Gasteiger partial charge is 0.0654 e. The Labute approximate surface area is 132 Å². The van der Waals surface area contributed by atoms with Crippen LogP contribution in [0.1, 0.15) is 90.4 Å². The molecule has 4 unspecified atom stereocenters. The minimum atomic E-state index is 1.11. The molecule has 4 aliphatic carbocycles. The van der Waals surface area contributed by atoms with Gasteiger partial charge in [0.15, 0.2) is 0 Å². The smallest absolute Gasteiger partial charge is 0.0380 e. The van der Waals surface area contributed by atoms with E-state index in [1.165, 1.54) is 25.7 Å². The van der Waals surface area contributed by atoms with E-state index < -0.39 is 0 Å². The molecule has 0 nitrogen and oxygen atoms in total. The van der Waals surface area contributed by atoms with Crippen molar-refractivity contribution < 1.29 is 0 Å². The zero-order valence-electron chi connectivity index (χ0n) is 14.2. The molecule has 0 spiro atoms. The van der Waals surface area contributed by atoms with E-state index in [1.807, 2.05) is 0 Å². The number of hydrogen-bond donors (Lipinski definition) is 0. The Bertz CT molecular complexity index is 318. The summed E-state index contributed by atoms with van der Waals surface area (Å²) in [7, 11) is 0. The average molecular weight is 289 g/mol. The summed E-state index contributed by atoms with van der Waals surface area (Å²) in [6.45, 7) is 2.38. The van der Waals surface area contributed by atoms with Crippen LogP contribution >= 0.6 is 0 Å². The van der Waals surface area contributed by atoms with Crippen LogP contribution < -0.4 is 0 Å². The highest BCUT2D eigenvalue weighted by molar-refractivity contribution is 4.96. The van der Waals surface area contributed by atoms with Crippen LogP contribution in [0.5, 0.6) is 0 Å². The predicted molar refractivity (Wildman–Crippen MR) is 90.1 cm³/mol. The van der Waals surface area contributed by atoms with Gasteiger partial charge in [-0.1, -0.05) is 45.4 Å². The fourth-order valence-electron chi connectivity index (χ4n) is 7.16. The van der Waals surface area contributed by atoms with Crippen molar-refractivity contribution in [3.63, 3.8) is 0 Å². The van der Waals surface area contributed by atoms with E-state index in [1.54, 1.807) is 57.8 Å². The van der Waals surface area contributed by atoms with Crippen molar-refractivity contribution in [2.24, 2.45) is 41.4 Å². The molecule has 4 rings (SSSR count). The van der Waals surface area contributed by atoms with Crippen LogP contribution in [0, 0.1) is 41.4 Å². The highest BCUT2D eigenvalue weighted by Crippen LogP contribution is 2.56. The molecule has 0 N–H and O–H groups in total. The molecule has 0 heteroatoms. The number of hydrogen-bond acceptors (Lipinski definition) is 0. The first-order chi connectivity index (χ1) is 10.3. The Morgan fingerprint density at radius 1 is 0.619 bits per heavy atom. The van der Waals surface area contributed by atoms with Crippen molar-refractivity contribution in [3.8, 4) is 0 Å². The lowest BCUT2D eigenvalue weighted by Gasteiger charge is -2.34. The Morgan fingerprint density at radius 3 is 1.67 bits per heavy atom. The highest BCUT2D eigenvalue weighted by Gasteiger charge is 2.46. The third-order valence-corrected chi connectivity index (χ3v) is 7.93. The number of fused-ring (bicyclic) bond motifs is 2. The van der Waals surface area contributed by atoms with Gasteiger partial charge in [-0.25, -0.2) is 0 Å². The van der Waals surface area contributed by atoms with E-state index in [0.717, 1.165) is 41.4 Å². The van der Waals surface area contributed by atoms with E-state index in [4.69, 9.17) is 0 Å². The highest BCUT2D eigenvalue weighted by atomic mass is 14.5. The molecule has 4 fully saturated rings. The topological polar surface area (TPSA) is 0 Å². The van der Waals surface area contributed by atoms with Gasteiger partial charge in [0, 0.05) is 0 Å². The van der Waals surface area contributed by atoms with Gasteiger partial charge in [0.25, 0.3) is 0 Å². The lowest BCUT2D eigenvalue weighted by Crippen LogP contribution is -2.25. The Morgan fingerprint density at radius 2 is 1.14 bits per heavy atom. The fourth-order valence-corrected chi connectivity index (χ4v) is 7.16. The first kappa shape index (κ1) is 14.6. The Hall–Kier alpha value is 0. The molecule has 0 aromatic rings. The summed E-state index contributed by atoms with van der Waals surface area (Å²) in [5.74, 6) is 7.96. The second kappa shape index (κ2) is 6.25. The summed E-state index contributed by atoms with van der Waals surface area (Å²) in [6, 6.07) is 0. The van der Waals surface area contributed by atoms with Gasteiger partial charge in [-0.05, 0) is 86.4 Å². The maximum atomic E-state index is 2.38. The summed E-state index contributed by atoms with van der Waals surface area (Å²) in [4.78, 5) is 0. The van der Waals surface area contributed by atoms with Crippen LogP contribution in [0.2, 0.25) is 0 Å². The Kier molecular flexibility index (Phi) is 4.34. The van der Waals surface area contributed by atoms with Crippen molar-refractivity contribution in [2.45, 2.75) is 90.4 Å². The van der Waals surface area contributed by atoms with Gasteiger partial charge in [0.2, 0.25) is 0 Å². The standard InChI is InChI=1S/C21H36/c1-2-5-16-9-18-13-20-11-17(8-15-6-3-4-7-15)12-21(20)14-19(18)10-16/h15-21H,2-14H2,1H3. The summed E-state index contributed by atoms with van der Waals surface area (Å²) in [6.07, 6.45) is 20.5. The second-order valence-electron chi connectivity index (χ2n) is 9.36. The molecule has 0 heterocycles. The summed E-state index contributed by atoms with van der Waals surface area (Å²) >= 11 is 0. The molecule has 4 atom stereocenters. The second-order valence-corrected chi connectivity index (χ2v) is 9.36. The molecule has 120 valence electrons. The van der Waals surface area contributed by atoms with E-state index in [9.17, 15) is 0 Å². The van der Waals surface area contributed by atoms with Crippen LogP contribution in [0.3, 0.4) is 0 Å². The van der Waals surface area contributed by atoms with Crippen LogP contribution in [-0.4, -0.2) is 0 Å². The molecule has 4 saturated carbocycles. The van der Waals surface area contributed by atoms with E-state index in [-0.39, 0.29) is 0 Å². The summed E-state index contributed by atoms with van der Waals surface area (Å²) < 4.78 is 0. The summed E-state index contributed by atoms with van der Waals surface area (Å²) in [5, 5.41) is 0. The molecule has 0 saturated heterocycles. The van der Waals surface area contributed by atoms with Gasteiger partial charge in [0.05, 0.1) is 0 Å². The third kappa shape index (κ3) is 3.06. The monoisotopic (exact) mass is 288 g/mol. The maximum absolute atomic E-state index is 2.38. The quantitative estimate of drug-likeness (QED) is 0.558. The first-order valence-electron chi connectivity index (χ1n) is 10.3. The molecule has 0 aromatic carbocycles.